The number of aromatic nitrogens is 2. The highest BCUT2D eigenvalue weighted by Crippen LogP contribution is 2.24. The van der Waals surface area contributed by atoms with E-state index in [9.17, 15) is 0 Å². The van der Waals surface area contributed by atoms with Crippen molar-refractivity contribution in [2.75, 3.05) is 37.6 Å². The summed E-state index contributed by atoms with van der Waals surface area (Å²) in [5.41, 5.74) is 5.02. The van der Waals surface area contributed by atoms with Crippen LogP contribution in [0.3, 0.4) is 0 Å². The molecular formula is C17H26N4. The third-order valence-electron chi connectivity index (χ3n) is 4.60. The van der Waals surface area contributed by atoms with Crippen molar-refractivity contribution in [2.45, 2.75) is 33.6 Å². The first-order valence-electron chi connectivity index (χ1n) is 8.18. The summed E-state index contributed by atoms with van der Waals surface area (Å²) in [7, 11) is 0. The van der Waals surface area contributed by atoms with Crippen molar-refractivity contribution < 1.29 is 0 Å². The smallest absolute Gasteiger partial charge is 0.203 e. The number of hydrogen-bond donors (Lipinski definition) is 1. The van der Waals surface area contributed by atoms with Crippen LogP contribution in [0.25, 0.3) is 11.0 Å². The fourth-order valence-electron chi connectivity index (χ4n) is 3.27. The maximum absolute atomic E-state index is 4.87. The van der Waals surface area contributed by atoms with Crippen LogP contribution in [0.4, 0.5) is 5.95 Å². The fourth-order valence-corrected chi connectivity index (χ4v) is 3.27. The summed E-state index contributed by atoms with van der Waals surface area (Å²) < 4.78 is 0. The first-order chi connectivity index (χ1) is 10.2. The van der Waals surface area contributed by atoms with Crippen molar-refractivity contribution in [3.05, 3.63) is 23.3 Å². The monoisotopic (exact) mass is 286 g/mol. The highest BCUT2D eigenvalue weighted by atomic mass is 15.3. The molecule has 1 aromatic heterocycles. The number of benzene rings is 1. The van der Waals surface area contributed by atoms with Crippen molar-refractivity contribution in [1.82, 2.24) is 14.9 Å². The van der Waals surface area contributed by atoms with Gasteiger partial charge in [0, 0.05) is 26.2 Å². The van der Waals surface area contributed by atoms with Crippen molar-refractivity contribution in [3.63, 3.8) is 0 Å². The molecule has 0 bridgehead atoms. The normalized spacial score (nSPS) is 16.8. The van der Waals surface area contributed by atoms with Gasteiger partial charge in [0.2, 0.25) is 5.95 Å². The predicted octanol–water partition coefficient (Wildman–Crippen LogP) is 2.97. The minimum atomic E-state index is 1.04. The number of nitrogens with zero attached hydrogens (tertiary/aromatic N) is 3. The topological polar surface area (TPSA) is 35.2 Å². The average Bonchev–Trinajstić information content (AvgIpc) is 2.94. The van der Waals surface area contributed by atoms with E-state index in [-0.39, 0.29) is 0 Å². The molecule has 1 fully saturated rings. The van der Waals surface area contributed by atoms with Crippen LogP contribution in [0, 0.1) is 6.92 Å². The van der Waals surface area contributed by atoms with Crippen molar-refractivity contribution in [1.29, 1.82) is 0 Å². The van der Waals surface area contributed by atoms with E-state index in [2.05, 4.69) is 47.7 Å². The summed E-state index contributed by atoms with van der Waals surface area (Å²) in [6, 6.07) is 4.39. The Morgan fingerprint density at radius 2 is 1.90 bits per heavy atom. The number of imidazole rings is 1. The molecule has 0 spiro atoms. The molecule has 1 aliphatic heterocycles. The van der Waals surface area contributed by atoms with Gasteiger partial charge in [-0.25, -0.2) is 4.98 Å². The van der Waals surface area contributed by atoms with E-state index in [1.807, 2.05) is 0 Å². The minimum absolute atomic E-state index is 1.04. The van der Waals surface area contributed by atoms with Crippen molar-refractivity contribution in [3.8, 4) is 0 Å². The Morgan fingerprint density at radius 1 is 1.14 bits per heavy atom. The van der Waals surface area contributed by atoms with Crippen LogP contribution in [0.2, 0.25) is 0 Å². The van der Waals surface area contributed by atoms with E-state index in [0.717, 1.165) is 49.6 Å². The second-order valence-electron chi connectivity index (χ2n) is 5.99. The van der Waals surface area contributed by atoms with Crippen LogP contribution in [-0.2, 0) is 6.42 Å². The van der Waals surface area contributed by atoms with E-state index in [4.69, 9.17) is 4.98 Å². The third kappa shape index (κ3) is 2.77. The van der Waals surface area contributed by atoms with Crippen LogP contribution < -0.4 is 4.90 Å². The van der Waals surface area contributed by atoms with Crippen molar-refractivity contribution >= 4 is 17.0 Å². The van der Waals surface area contributed by atoms with Gasteiger partial charge in [0.05, 0.1) is 11.0 Å². The number of nitrogens with one attached hydrogen (secondary N) is 1. The van der Waals surface area contributed by atoms with E-state index in [0.29, 0.717) is 0 Å². The second kappa shape index (κ2) is 6.06. The summed E-state index contributed by atoms with van der Waals surface area (Å²) in [6.45, 7) is 12.3. The lowest BCUT2D eigenvalue weighted by Crippen LogP contribution is -2.46. The minimum Gasteiger partial charge on any atom is -0.340 e. The summed E-state index contributed by atoms with van der Waals surface area (Å²) in [5, 5.41) is 0. The number of H-pyrrole nitrogens is 1. The zero-order valence-corrected chi connectivity index (χ0v) is 13.4. The van der Waals surface area contributed by atoms with Crippen LogP contribution in [-0.4, -0.2) is 47.6 Å². The van der Waals surface area contributed by atoms with Gasteiger partial charge in [-0.1, -0.05) is 19.9 Å². The highest BCUT2D eigenvalue weighted by Gasteiger charge is 2.19. The molecule has 114 valence electrons. The Labute approximate surface area is 127 Å². The van der Waals surface area contributed by atoms with Crippen LogP contribution in [0.15, 0.2) is 12.1 Å². The molecule has 1 saturated heterocycles. The molecule has 0 saturated carbocycles. The number of fused-ring (bicyclic) bond motifs is 1. The number of hydrogen-bond acceptors (Lipinski definition) is 3. The zero-order valence-electron chi connectivity index (χ0n) is 13.4. The van der Waals surface area contributed by atoms with Gasteiger partial charge in [-0.05, 0) is 43.5 Å². The van der Waals surface area contributed by atoms with Gasteiger partial charge in [0.25, 0.3) is 0 Å². The zero-order chi connectivity index (χ0) is 14.8. The van der Waals surface area contributed by atoms with Crippen LogP contribution >= 0.6 is 0 Å². The number of aryl methyl sites for hydroxylation is 2. The molecule has 1 aliphatic rings. The summed E-state index contributed by atoms with van der Waals surface area (Å²) >= 11 is 0. The van der Waals surface area contributed by atoms with E-state index in [1.165, 1.54) is 24.1 Å². The van der Waals surface area contributed by atoms with Gasteiger partial charge < -0.3 is 9.88 Å². The number of rotatable bonds is 4. The van der Waals surface area contributed by atoms with Gasteiger partial charge >= 0.3 is 0 Å². The largest absolute Gasteiger partial charge is 0.340 e. The van der Waals surface area contributed by atoms with Gasteiger partial charge in [0.1, 0.15) is 0 Å². The van der Waals surface area contributed by atoms with Crippen LogP contribution in [0.1, 0.15) is 31.4 Å². The molecule has 2 aromatic rings. The first kappa shape index (κ1) is 14.4. The molecule has 0 unspecified atom stereocenters. The van der Waals surface area contributed by atoms with E-state index < -0.39 is 0 Å². The van der Waals surface area contributed by atoms with E-state index in [1.54, 1.807) is 0 Å². The maximum Gasteiger partial charge on any atom is 0.203 e. The molecule has 4 nitrogen and oxygen atoms in total. The Bertz CT molecular complexity index is 609. The number of aromatic amines is 1. The number of piperazine rings is 1. The summed E-state index contributed by atoms with van der Waals surface area (Å²) in [5.74, 6) is 1.04. The van der Waals surface area contributed by atoms with Crippen LogP contribution in [0.5, 0.6) is 0 Å². The lowest BCUT2D eigenvalue weighted by Gasteiger charge is -2.34. The standard InChI is InChI=1S/C17H26N4/c1-4-8-20-9-11-21(12-10-20)17-18-15-7-6-14(5-2)13(3)16(15)19-17/h6-7H,4-5,8-12H2,1-3H3,(H,18,19). The lowest BCUT2D eigenvalue weighted by atomic mass is 10.1. The average molecular weight is 286 g/mol. The van der Waals surface area contributed by atoms with E-state index >= 15 is 0 Å². The third-order valence-corrected chi connectivity index (χ3v) is 4.60. The fraction of sp³-hybridized carbons (Fsp3) is 0.588. The highest BCUT2D eigenvalue weighted by molar-refractivity contribution is 5.82. The lowest BCUT2D eigenvalue weighted by molar-refractivity contribution is 0.257. The SMILES string of the molecule is CCCN1CCN(c2nc3c(C)c(CC)ccc3[nH]2)CC1. The second-order valence-corrected chi connectivity index (χ2v) is 5.99. The first-order valence-corrected chi connectivity index (χ1v) is 8.18. The molecule has 0 atom stereocenters. The van der Waals surface area contributed by atoms with Gasteiger partial charge in [-0.3, -0.25) is 4.90 Å². The summed E-state index contributed by atoms with van der Waals surface area (Å²) in [4.78, 5) is 13.3. The molecule has 4 heteroatoms. The molecule has 21 heavy (non-hydrogen) atoms. The molecule has 1 aromatic carbocycles. The molecule has 0 amide bonds. The maximum atomic E-state index is 4.87. The molecule has 1 N–H and O–H groups in total. The molecule has 0 radical (unpaired) electrons. The number of anilines is 1. The Balaban J connectivity index is 1.81. The Morgan fingerprint density at radius 3 is 2.57 bits per heavy atom. The quantitative estimate of drug-likeness (QED) is 0.938. The Hall–Kier alpha value is -1.55. The van der Waals surface area contributed by atoms with Gasteiger partial charge in [-0.15, -0.1) is 0 Å². The Kier molecular flexibility index (Phi) is 4.15. The summed E-state index contributed by atoms with van der Waals surface area (Å²) in [6.07, 6.45) is 2.31. The molecule has 0 aliphatic carbocycles. The van der Waals surface area contributed by atoms with Gasteiger partial charge in [0.15, 0.2) is 0 Å². The predicted molar refractivity (Wildman–Crippen MR) is 89.2 cm³/mol. The molecule has 2 heterocycles. The molecular weight excluding hydrogens is 260 g/mol. The molecule has 3 rings (SSSR count). The van der Waals surface area contributed by atoms with Crippen molar-refractivity contribution in [2.24, 2.45) is 0 Å². The van der Waals surface area contributed by atoms with Gasteiger partial charge in [-0.2, -0.15) is 0 Å².